The van der Waals surface area contributed by atoms with Crippen molar-refractivity contribution in [2.75, 3.05) is 39.8 Å². The molecular formula is C20H28N2O2. The predicted molar refractivity (Wildman–Crippen MR) is 93.4 cm³/mol. The van der Waals surface area contributed by atoms with Crippen molar-refractivity contribution in [2.24, 2.45) is 23.7 Å². The van der Waals surface area contributed by atoms with E-state index in [1.165, 1.54) is 45.1 Å². The van der Waals surface area contributed by atoms with E-state index in [0.29, 0.717) is 11.8 Å². The Hall–Kier alpha value is -1.39. The SMILES string of the molecule is COC(=O)C1[C@H]2CN(CC3CCCN(Cc4ccccc4)C3)C[C@@H]12. The number of fused-ring (bicyclic) bond motifs is 1. The third-order valence-corrected chi connectivity index (χ3v) is 6.11. The summed E-state index contributed by atoms with van der Waals surface area (Å²) in [6.45, 7) is 6.90. The smallest absolute Gasteiger partial charge is 0.309 e. The van der Waals surface area contributed by atoms with Gasteiger partial charge in [-0.1, -0.05) is 30.3 Å². The van der Waals surface area contributed by atoms with Crippen molar-refractivity contribution in [3.8, 4) is 0 Å². The molecule has 3 fully saturated rings. The van der Waals surface area contributed by atoms with E-state index in [9.17, 15) is 4.79 Å². The molecule has 2 heterocycles. The van der Waals surface area contributed by atoms with E-state index in [-0.39, 0.29) is 11.9 Å². The minimum atomic E-state index is 0.0105. The Balaban J connectivity index is 1.24. The van der Waals surface area contributed by atoms with E-state index < -0.39 is 0 Å². The maximum absolute atomic E-state index is 11.7. The molecule has 4 rings (SSSR count). The molecule has 0 bridgehead atoms. The number of nitrogens with zero attached hydrogens (tertiary/aromatic N) is 2. The zero-order valence-corrected chi connectivity index (χ0v) is 14.6. The first kappa shape index (κ1) is 16.1. The molecule has 1 aromatic rings. The molecule has 3 aliphatic rings. The van der Waals surface area contributed by atoms with Gasteiger partial charge >= 0.3 is 5.97 Å². The first-order valence-corrected chi connectivity index (χ1v) is 9.31. The monoisotopic (exact) mass is 328 g/mol. The first-order chi connectivity index (χ1) is 11.7. The molecule has 2 unspecified atom stereocenters. The van der Waals surface area contributed by atoms with Crippen LogP contribution < -0.4 is 0 Å². The van der Waals surface area contributed by atoms with Crippen LogP contribution >= 0.6 is 0 Å². The lowest BCUT2D eigenvalue weighted by atomic mass is 9.96. The Morgan fingerprint density at radius 2 is 1.88 bits per heavy atom. The Morgan fingerprint density at radius 3 is 2.58 bits per heavy atom. The van der Waals surface area contributed by atoms with Gasteiger partial charge in [0.25, 0.3) is 0 Å². The van der Waals surface area contributed by atoms with Gasteiger partial charge in [-0.2, -0.15) is 0 Å². The zero-order chi connectivity index (χ0) is 16.5. The van der Waals surface area contributed by atoms with E-state index in [4.69, 9.17) is 4.74 Å². The number of rotatable bonds is 5. The Kier molecular flexibility index (Phi) is 4.59. The molecule has 1 aromatic carbocycles. The summed E-state index contributed by atoms with van der Waals surface area (Å²) in [5.41, 5.74) is 1.42. The van der Waals surface area contributed by atoms with Crippen LogP contribution in [-0.2, 0) is 16.1 Å². The second kappa shape index (κ2) is 6.85. The summed E-state index contributed by atoms with van der Waals surface area (Å²) in [5, 5.41) is 0. The van der Waals surface area contributed by atoms with Crippen LogP contribution in [0.5, 0.6) is 0 Å². The largest absolute Gasteiger partial charge is 0.469 e. The number of piperidine rings is 2. The number of benzene rings is 1. The van der Waals surface area contributed by atoms with Crippen LogP contribution in [0.4, 0.5) is 0 Å². The van der Waals surface area contributed by atoms with Crippen molar-refractivity contribution < 1.29 is 9.53 Å². The van der Waals surface area contributed by atoms with Gasteiger partial charge in [0, 0.05) is 32.7 Å². The molecule has 0 N–H and O–H groups in total. The predicted octanol–water partition coefficient (Wildman–Crippen LogP) is 2.25. The summed E-state index contributed by atoms with van der Waals surface area (Å²) in [6.07, 6.45) is 2.65. The average Bonchev–Trinajstić information content (AvgIpc) is 3.11. The second-order valence-electron chi connectivity index (χ2n) is 7.82. The number of carbonyl (C=O) groups excluding carboxylic acids is 1. The fraction of sp³-hybridized carbons (Fsp3) is 0.650. The molecule has 2 saturated heterocycles. The lowest BCUT2D eigenvalue weighted by Crippen LogP contribution is -2.41. The van der Waals surface area contributed by atoms with E-state index in [1.807, 2.05) is 0 Å². The quantitative estimate of drug-likeness (QED) is 0.776. The molecule has 130 valence electrons. The fourth-order valence-corrected chi connectivity index (χ4v) is 4.90. The summed E-state index contributed by atoms with van der Waals surface area (Å²) in [5.74, 6) is 2.13. The topological polar surface area (TPSA) is 32.8 Å². The standard InChI is InChI=1S/C20H28N2O2/c1-24-20(23)19-17-13-22(14-18(17)19)12-16-8-5-9-21(11-16)10-15-6-3-2-4-7-15/h2-4,6-7,16-19H,5,8-14H2,1H3/t16?,17-,18+,19?. The molecule has 4 atom stereocenters. The van der Waals surface area contributed by atoms with Crippen LogP contribution in [0, 0.1) is 23.7 Å². The average molecular weight is 328 g/mol. The van der Waals surface area contributed by atoms with E-state index in [0.717, 1.165) is 25.6 Å². The van der Waals surface area contributed by atoms with E-state index in [2.05, 4.69) is 40.1 Å². The normalized spacial score (nSPS) is 33.2. The highest BCUT2D eigenvalue weighted by Crippen LogP contribution is 2.52. The van der Waals surface area contributed by atoms with Crippen molar-refractivity contribution in [3.63, 3.8) is 0 Å². The summed E-state index contributed by atoms with van der Waals surface area (Å²) >= 11 is 0. The Labute approximate surface area is 144 Å². The molecule has 2 aliphatic heterocycles. The van der Waals surface area contributed by atoms with Gasteiger partial charge in [0.2, 0.25) is 0 Å². The van der Waals surface area contributed by atoms with Gasteiger partial charge < -0.3 is 9.64 Å². The molecule has 4 heteroatoms. The third kappa shape index (κ3) is 3.35. The highest BCUT2D eigenvalue weighted by Gasteiger charge is 2.60. The summed E-state index contributed by atoms with van der Waals surface area (Å²) < 4.78 is 4.90. The minimum absolute atomic E-state index is 0.0105. The number of esters is 1. The number of methoxy groups -OCH3 is 1. The van der Waals surface area contributed by atoms with Gasteiger partial charge in [0.15, 0.2) is 0 Å². The van der Waals surface area contributed by atoms with Crippen molar-refractivity contribution in [3.05, 3.63) is 35.9 Å². The number of likely N-dealkylation sites (tertiary alicyclic amines) is 2. The molecule has 0 spiro atoms. The Morgan fingerprint density at radius 1 is 1.12 bits per heavy atom. The number of hydrogen-bond donors (Lipinski definition) is 0. The van der Waals surface area contributed by atoms with Gasteiger partial charge in [0.1, 0.15) is 0 Å². The second-order valence-corrected chi connectivity index (χ2v) is 7.82. The lowest BCUT2D eigenvalue weighted by Gasteiger charge is -2.35. The van der Waals surface area contributed by atoms with Gasteiger partial charge in [-0.25, -0.2) is 0 Å². The summed E-state index contributed by atoms with van der Waals surface area (Å²) in [6, 6.07) is 10.8. The Bertz CT molecular complexity index is 564. The lowest BCUT2D eigenvalue weighted by molar-refractivity contribution is -0.143. The van der Waals surface area contributed by atoms with Gasteiger partial charge in [-0.3, -0.25) is 9.69 Å². The molecule has 0 aromatic heterocycles. The molecule has 1 aliphatic carbocycles. The molecule has 0 amide bonds. The highest BCUT2D eigenvalue weighted by atomic mass is 16.5. The van der Waals surface area contributed by atoms with Crippen LogP contribution in [0.25, 0.3) is 0 Å². The van der Waals surface area contributed by atoms with Crippen molar-refractivity contribution in [2.45, 2.75) is 19.4 Å². The van der Waals surface area contributed by atoms with Crippen molar-refractivity contribution >= 4 is 5.97 Å². The van der Waals surface area contributed by atoms with Crippen LogP contribution in [0.3, 0.4) is 0 Å². The number of carbonyl (C=O) groups is 1. The minimum Gasteiger partial charge on any atom is -0.469 e. The molecule has 4 nitrogen and oxygen atoms in total. The molecule has 24 heavy (non-hydrogen) atoms. The number of ether oxygens (including phenoxy) is 1. The molecule has 1 saturated carbocycles. The highest BCUT2D eigenvalue weighted by molar-refractivity contribution is 5.76. The summed E-state index contributed by atoms with van der Waals surface area (Å²) in [7, 11) is 1.51. The zero-order valence-electron chi connectivity index (χ0n) is 14.6. The van der Waals surface area contributed by atoms with Crippen LogP contribution in [0.15, 0.2) is 30.3 Å². The maximum atomic E-state index is 11.7. The summed E-state index contributed by atoms with van der Waals surface area (Å²) in [4.78, 5) is 16.9. The van der Waals surface area contributed by atoms with Gasteiger partial charge in [-0.15, -0.1) is 0 Å². The van der Waals surface area contributed by atoms with Crippen LogP contribution in [0.1, 0.15) is 18.4 Å². The van der Waals surface area contributed by atoms with Crippen molar-refractivity contribution in [1.29, 1.82) is 0 Å². The fourth-order valence-electron chi connectivity index (χ4n) is 4.90. The van der Waals surface area contributed by atoms with Gasteiger partial charge in [0.05, 0.1) is 13.0 Å². The van der Waals surface area contributed by atoms with Crippen LogP contribution in [0.2, 0.25) is 0 Å². The molecular weight excluding hydrogens is 300 g/mol. The number of hydrogen-bond acceptors (Lipinski definition) is 4. The third-order valence-electron chi connectivity index (χ3n) is 6.11. The first-order valence-electron chi connectivity index (χ1n) is 9.31. The van der Waals surface area contributed by atoms with Crippen molar-refractivity contribution in [1.82, 2.24) is 9.80 Å². The van der Waals surface area contributed by atoms with E-state index in [1.54, 1.807) is 0 Å². The maximum Gasteiger partial charge on any atom is 0.309 e. The molecule has 0 radical (unpaired) electrons. The van der Waals surface area contributed by atoms with E-state index >= 15 is 0 Å². The van der Waals surface area contributed by atoms with Gasteiger partial charge in [-0.05, 0) is 42.7 Å². The van der Waals surface area contributed by atoms with Crippen LogP contribution in [-0.4, -0.2) is 55.6 Å².